The lowest BCUT2D eigenvalue weighted by Crippen LogP contribution is -2.14. The Labute approximate surface area is 108 Å². The number of amides is 1. The summed E-state index contributed by atoms with van der Waals surface area (Å²) < 4.78 is 26.6. The Balaban J connectivity index is 2.25. The lowest BCUT2D eigenvalue weighted by molar-refractivity contribution is 0.102. The van der Waals surface area contributed by atoms with Crippen molar-refractivity contribution in [3.8, 4) is 5.75 Å². The number of phenols is 1. The molecular weight excluding hydrogens is 252 g/mol. The van der Waals surface area contributed by atoms with Crippen molar-refractivity contribution in [1.82, 2.24) is 0 Å². The number of benzene rings is 2. The molecule has 0 aliphatic heterocycles. The fourth-order valence-electron chi connectivity index (χ4n) is 1.57. The molecule has 5 heteroatoms. The van der Waals surface area contributed by atoms with E-state index in [0.717, 1.165) is 6.07 Å². The molecule has 0 bridgehead atoms. The fourth-order valence-corrected chi connectivity index (χ4v) is 1.57. The molecule has 0 spiro atoms. The Kier molecular flexibility index (Phi) is 3.46. The molecule has 0 saturated heterocycles. The van der Waals surface area contributed by atoms with Crippen LogP contribution in [-0.4, -0.2) is 11.0 Å². The molecule has 0 aromatic heterocycles. The fraction of sp³-hybridized carbons (Fsp3) is 0.0714. The first-order chi connectivity index (χ1) is 8.97. The van der Waals surface area contributed by atoms with Gasteiger partial charge in [-0.1, -0.05) is 0 Å². The molecule has 0 aliphatic carbocycles. The van der Waals surface area contributed by atoms with Gasteiger partial charge >= 0.3 is 0 Å². The van der Waals surface area contributed by atoms with E-state index in [4.69, 9.17) is 5.11 Å². The predicted molar refractivity (Wildman–Crippen MR) is 67.2 cm³/mol. The lowest BCUT2D eigenvalue weighted by atomic mass is 10.1. The molecule has 3 nitrogen and oxygen atoms in total. The van der Waals surface area contributed by atoms with Crippen LogP contribution in [0.15, 0.2) is 36.4 Å². The van der Waals surface area contributed by atoms with E-state index in [0.29, 0.717) is 11.8 Å². The maximum atomic E-state index is 13.5. The van der Waals surface area contributed by atoms with Gasteiger partial charge in [0.2, 0.25) is 0 Å². The van der Waals surface area contributed by atoms with E-state index in [2.05, 4.69) is 5.32 Å². The maximum Gasteiger partial charge on any atom is 0.258 e. The Bertz CT molecular complexity index is 624. The molecule has 2 aromatic rings. The zero-order valence-corrected chi connectivity index (χ0v) is 10.1. The van der Waals surface area contributed by atoms with Crippen molar-refractivity contribution in [2.45, 2.75) is 6.92 Å². The van der Waals surface area contributed by atoms with Crippen molar-refractivity contribution >= 4 is 11.6 Å². The zero-order valence-electron chi connectivity index (χ0n) is 10.1. The second-order valence-electron chi connectivity index (χ2n) is 4.08. The number of hydrogen-bond acceptors (Lipinski definition) is 2. The molecule has 2 N–H and O–H groups in total. The average Bonchev–Trinajstić information content (AvgIpc) is 2.36. The minimum absolute atomic E-state index is 0.0572. The van der Waals surface area contributed by atoms with Gasteiger partial charge in [0, 0.05) is 11.8 Å². The van der Waals surface area contributed by atoms with Crippen LogP contribution in [0.3, 0.4) is 0 Å². The standard InChI is InChI=1S/C14H11F2NO2/c1-8-6-11(13(16)7-12(8)15)14(19)17-9-2-4-10(18)5-3-9/h2-7,18H,1H3,(H,17,19). The Morgan fingerprint density at radius 3 is 2.37 bits per heavy atom. The summed E-state index contributed by atoms with van der Waals surface area (Å²) in [6.45, 7) is 1.45. The number of hydrogen-bond donors (Lipinski definition) is 2. The molecule has 0 aliphatic rings. The molecule has 2 aromatic carbocycles. The van der Waals surface area contributed by atoms with Crippen LogP contribution in [0.4, 0.5) is 14.5 Å². The average molecular weight is 263 g/mol. The van der Waals surface area contributed by atoms with Crippen LogP contribution in [0.25, 0.3) is 0 Å². The highest BCUT2D eigenvalue weighted by molar-refractivity contribution is 6.04. The Hall–Kier alpha value is -2.43. The van der Waals surface area contributed by atoms with Gasteiger partial charge in [-0.3, -0.25) is 4.79 Å². The highest BCUT2D eigenvalue weighted by Gasteiger charge is 2.14. The van der Waals surface area contributed by atoms with Gasteiger partial charge in [0.1, 0.15) is 17.4 Å². The number of aryl methyl sites for hydroxylation is 1. The second kappa shape index (κ2) is 5.06. The van der Waals surface area contributed by atoms with Gasteiger partial charge in [0.15, 0.2) is 0 Å². The zero-order chi connectivity index (χ0) is 14.0. The quantitative estimate of drug-likeness (QED) is 0.817. The van der Waals surface area contributed by atoms with Crippen LogP contribution in [-0.2, 0) is 0 Å². The van der Waals surface area contributed by atoms with Crippen LogP contribution in [0.2, 0.25) is 0 Å². The van der Waals surface area contributed by atoms with Crippen molar-refractivity contribution in [1.29, 1.82) is 0 Å². The summed E-state index contributed by atoms with van der Waals surface area (Å²) in [4.78, 5) is 11.8. The SMILES string of the molecule is Cc1cc(C(=O)Nc2ccc(O)cc2)c(F)cc1F. The van der Waals surface area contributed by atoms with Crippen LogP contribution >= 0.6 is 0 Å². The first-order valence-corrected chi connectivity index (χ1v) is 5.53. The molecule has 1 amide bonds. The molecule has 19 heavy (non-hydrogen) atoms. The summed E-state index contributed by atoms with van der Waals surface area (Å²) in [7, 11) is 0. The van der Waals surface area contributed by atoms with E-state index in [9.17, 15) is 13.6 Å². The minimum atomic E-state index is -0.917. The van der Waals surface area contributed by atoms with Gasteiger partial charge in [-0.05, 0) is 42.8 Å². The van der Waals surface area contributed by atoms with Crippen molar-refractivity contribution in [3.63, 3.8) is 0 Å². The number of halogens is 2. The molecule has 2 rings (SSSR count). The minimum Gasteiger partial charge on any atom is -0.508 e. The largest absolute Gasteiger partial charge is 0.508 e. The first-order valence-electron chi connectivity index (χ1n) is 5.53. The van der Waals surface area contributed by atoms with E-state index in [-0.39, 0.29) is 16.9 Å². The monoisotopic (exact) mass is 263 g/mol. The highest BCUT2D eigenvalue weighted by atomic mass is 19.1. The van der Waals surface area contributed by atoms with Crippen LogP contribution in [0.5, 0.6) is 5.75 Å². The van der Waals surface area contributed by atoms with Gasteiger partial charge in [-0.25, -0.2) is 8.78 Å². The normalized spacial score (nSPS) is 10.3. The number of phenolic OH excluding ortho intramolecular Hbond substituents is 1. The summed E-state index contributed by atoms with van der Waals surface area (Å²) in [5.41, 5.74) is 0.369. The first kappa shape index (κ1) is 13.0. The third kappa shape index (κ3) is 2.88. The van der Waals surface area contributed by atoms with Gasteiger partial charge in [-0.15, -0.1) is 0 Å². The number of carbonyl (C=O) groups excluding carboxylic acids is 1. The van der Waals surface area contributed by atoms with E-state index in [1.54, 1.807) is 0 Å². The number of aromatic hydroxyl groups is 1. The number of nitrogens with one attached hydrogen (secondary N) is 1. The van der Waals surface area contributed by atoms with Crippen LogP contribution in [0.1, 0.15) is 15.9 Å². The van der Waals surface area contributed by atoms with E-state index in [1.807, 2.05) is 0 Å². The molecule has 0 heterocycles. The molecule has 0 radical (unpaired) electrons. The maximum absolute atomic E-state index is 13.5. The molecular formula is C14H11F2NO2. The number of carbonyl (C=O) groups is 1. The third-order valence-electron chi connectivity index (χ3n) is 2.62. The van der Waals surface area contributed by atoms with E-state index < -0.39 is 17.5 Å². The highest BCUT2D eigenvalue weighted by Crippen LogP contribution is 2.18. The molecule has 0 unspecified atom stereocenters. The summed E-state index contributed by atoms with van der Waals surface area (Å²) in [6, 6.07) is 7.56. The van der Waals surface area contributed by atoms with Gasteiger partial charge < -0.3 is 10.4 Å². The van der Waals surface area contributed by atoms with Crippen LogP contribution in [0, 0.1) is 18.6 Å². The lowest BCUT2D eigenvalue weighted by Gasteiger charge is -2.07. The Morgan fingerprint density at radius 2 is 1.74 bits per heavy atom. The second-order valence-corrected chi connectivity index (χ2v) is 4.08. The smallest absolute Gasteiger partial charge is 0.258 e. The van der Waals surface area contributed by atoms with Crippen LogP contribution < -0.4 is 5.32 Å². The summed E-state index contributed by atoms with van der Waals surface area (Å²) in [6.07, 6.45) is 0. The van der Waals surface area contributed by atoms with Crippen molar-refractivity contribution in [2.24, 2.45) is 0 Å². The molecule has 0 atom stereocenters. The van der Waals surface area contributed by atoms with E-state index in [1.165, 1.54) is 31.2 Å². The Morgan fingerprint density at radius 1 is 1.11 bits per heavy atom. The topological polar surface area (TPSA) is 49.3 Å². The summed E-state index contributed by atoms with van der Waals surface area (Å²) in [5, 5.41) is 11.6. The molecule has 98 valence electrons. The summed E-state index contributed by atoms with van der Waals surface area (Å²) in [5.74, 6) is -2.23. The van der Waals surface area contributed by atoms with Gasteiger partial charge in [-0.2, -0.15) is 0 Å². The van der Waals surface area contributed by atoms with Gasteiger partial charge in [0.05, 0.1) is 5.56 Å². The van der Waals surface area contributed by atoms with Gasteiger partial charge in [0.25, 0.3) is 5.91 Å². The third-order valence-corrected chi connectivity index (χ3v) is 2.62. The van der Waals surface area contributed by atoms with Crippen molar-refractivity contribution in [3.05, 3.63) is 59.2 Å². The van der Waals surface area contributed by atoms with E-state index >= 15 is 0 Å². The molecule has 0 fully saturated rings. The van der Waals surface area contributed by atoms with Crippen molar-refractivity contribution in [2.75, 3.05) is 5.32 Å². The number of anilines is 1. The summed E-state index contributed by atoms with van der Waals surface area (Å²) >= 11 is 0. The predicted octanol–water partition coefficient (Wildman–Crippen LogP) is 3.23. The number of rotatable bonds is 2. The molecule has 0 saturated carbocycles. The van der Waals surface area contributed by atoms with Crippen molar-refractivity contribution < 1.29 is 18.7 Å².